The summed E-state index contributed by atoms with van der Waals surface area (Å²) in [6.45, 7) is 0. The quantitative estimate of drug-likeness (QED) is 0.862. The minimum Gasteiger partial charge on any atom is -0.464 e. The number of anilines is 1. The van der Waals surface area contributed by atoms with Gasteiger partial charge < -0.3 is 10.5 Å². The van der Waals surface area contributed by atoms with Crippen molar-refractivity contribution in [3.05, 3.63) is 46.1 Å². The van der Waals surface area contributed by atoms with Crippen molar-refractivity contribution >= 4 is 34.9 Å². The van der Waals surface area contributed by atoms with Gasteiger partial charge in [0.2, 0.25) is 0 Å². The van der Waals surface area contributed by atoms with E-state index in [0.717, 1.165) is 0 Å². The van der Waals surface area contributed by atoms with Gasteiger partial charge in [0, 0.05) is 10.6 Å². The molecule has 0 spiro atoms. The van der Waals surface area contributed by atoms with Crippen molar-refractivity contribution in [2.45, 2.75) is 0 Å². The zero-order valence-corrected chi connectivity index (χ0v) is 11.5. The maximum absolute atomic E-state index is 11.6. The highest BCUT2D eigenvalue weighted by Gasteiger charge is 2.18. The molecule has 1 aromatic heterocycles. The Morgan fingerprint density at radius 2 is 2.00 bits per heavy atom. The molecule has 2 aromatic rings. The third kappa shape index (κ3) is 2.64. The van der Waals surface area contributed by atoms with Crippen LogP contribution >= 0.6 is 23.2 Å². The molecule has 0 radical (unpaired) electrons. The van der Waals surface area contributed by atoms with Crippen LogP contribution in [0, 0.1) is 0 Å². The van der Waals surface area contributed by atoms with Crippen LogP contribution in [0.2, 0.25) is 10.0 Å². The predicted molar refractivity (Wildman–Crippen MR) is 75.4 cm³/mol. The monoisotopic (exact) mass is 296 g/mol. The molecule has 0 aliphatic heterocycles. The van der Waals surface area contributed by atoms with Gasteiger partial charge in [-0.2, -0.15) is 0 Å². The molecule has 2 rings (SSSR count). The van der Waals surface area contributed by atoms with E-state index in [4.69, 9.17) is 28.9 Å². The Balaban J connectivity index is 2.64. The summed E-state index contributed by atoms with van der Waals surface area (Å²) in [7, 11) is 1.25. The molecule has 0 amide bonds. The number of halogens is 2. The molecule has 0 saturated heterocycles. The minimum atomic E-state index is -0.648. The zero-order valence-electron chi connectivity index (χ0n) is 9.98. The topological polar surface area (TPSA) is 65.2 Å². The second-order valence-corrected chi connectivity index (χ2v) is 4.52. The fourth-order valence-corrected chi connectivity index (χ4v) is 1.99. The molecule has 0 unspecified atom stereocenters. The van der Waals surface area contributed by atoms with Crippen LogP contribution in [-0.4, -0.2) is 18.1 Å². The third-order valence-corrected chi connectivity index (χ3v) is 3.24. The lowest BCUT2D eigenvalue weighted by molar-refractivity contribution is 0.0594. The van der Waals surface area contributed by atoms with Crippen LogP contribution in [0.15, 0.2) is 30.3 Å². The summed E-state index contributed by atoms with van der Waals surface area (Å²) in [5, 5.41) is 0.579. The molecule has 0 aliphatic carbocycles. The van der Waals surface area contributed by atoms with E-state index in [-0.39, 0.29) is 16.4 Å². The Morgan fingerprint density at radius 3 is 2.63 bits per heavy atom. The highest BCUT2D eigenvalue weighted by atomic mass is 35.5. The second-order valence-electron chi connectivity index (χ2n) is 3.73. The lowest BCUT2D eigenvalue weighted by atomic mass is 10.1. The van der Waals surface area contributed by atoms with Crippen LogP contribution in [0.3, 0.4) is 0 Å². The molecule has 4 nitrogen and oxygen atoms in total. The lowest BCUT2D eigenvalue weighted by Crippen LogP contribution is -2.08. The maximum atomic E-state index is 11.6. The number of benzene rings is 1. The number of rotatable bonds is 2. The van der Waals surface area contributed by atoms with Gasteiger partial charge in [0.15, 0.2) is 5.69 Å². The van der Waals surface area contributed by atoms with Crippen LogP contribution in [0.5, 0.6) is 0 Å². The first-order valence-corrected chi connectivity index (χ1v) is 6.09. The summed E-state index contributed by atoms with van der Waals surface area (Å²) in [6.07, 6.45) is 0. The van der Waals surface area contributed by atoms with Gasteiger partial charge in [-0.15, -0.1) is 0 Å². The molecule has 0 aliphatic rings. The summed E-state index contributed by atoms with van der Waals surface area (Å²) in [5.74, 6) is -0.648. The molecule has 1 aromatic carbocycles. The van der Waals surface area contributed by atoms with Gasteiger partial charge in [0.1, 0.15) is 0 Å². The number of hydrogen-bond acceptors (Lipinski definition) is 4. The van der Waals surface area contributed by atoms with E-state index < -0.39 is 5.97 Å². The first kappa shape index (κ1) is 13.6. The van der Waals surface area contributed by atoms with Crippen LogP contribution in [0.25, 0.3) is 11.3 Å². The fraction of sp³-hybridized carbons (Fsp3) is 0.0769. The zero-order chi connectivity index (χ0) is 14.0. The van der Waals surface area contributed by atoms with Crippen LogP contribution < -0.4 is 5.73 Å². The number of aromatic nitrogens is 1. The van der Waals surface area contributed by atoms with E-state index in [1.54, 1.807) is 24.3 Å². The summed E-state index contributed by atoms with van der Waals surface area (Å²) in [4.78, 5) is 15.8. The Bertz CT molecular complexity index is 645. The first-order chi connectivity index (χ1) is 9.04. The number of methoxy groups -OCH3 is 1. The summed E-state index contributed by atoms with van der Waals surface area (Å²) >= 11 is 12.0. The maximum Gasteiger partial charge on any atom is 0.358 e. The average Bonchev–Trinajstić information content (AvgIpc) is 2.41. The van der Waals surface area contributed by atoms with Gasteiger partial charge in [0.05, 0.1) is 23.5 Å². The number of carbonyl (C=O) groups excluding carboxylic acids is 1. The summed E-state index contributed by atoms with van der Waals surface area (Å²) < 4.78 is 4.62. The van der Waals surface area contributed by atoms with Crippen LogP contribution in [0.4, 0.5) is 5.69 Å². The van der Waals surface area contributed by atoms with Gasteiger partial charge >= 0.3 is 5.97 Å². The molecule has 1 heterocycles. The van der Waals surface area contributed by atoms with E-state index in [0.29, 0.717) is 16.3 Å². The third-order valence-electron chi connectivity index (χ3n) is 2.51. The second kappa shape index (κ2) is 5.47. The number of pyridine rings is 1. The van der Waals surface area contributed by atoms with Crippen LogP contribution in [-0.2, 0) is 4.74 Å². The van der Waals surface area contributed by atoms with E-state index in [1.165, 1.54) is 7.11 Å². The number of nitrogens with two attached hydrogens (primary N) is 1. The highest BCUT2D eigenvalue weighted by molar-refractivity contribution is 6.36. The van der Waals surface area contributed by atoms with Gasteiger partial charge in [-0.05, 0) is 12.1 Å². The van der Waals surface area contributed by atoms with Crippen molar-refractivity contribution in [1.82, 2.24) is 4.98 Å². The van der Waals surface area contributed by atoms with Crippen molar-refractivity contribution in [1.29, 1.82) is 0 Å². The predicted octanol–water partition coefficient (Wildman–Crippen LogP) is 3.42. The van der Waals surface area contributed by atoms with Crippen molar-refractivity contribution in [3.63, 3.8) is 0 Å². The molecule has 0 atom stereocenters. The van der Waals surface area contributed by atoms with Crippen molar-refractivity contribution in [2.24, 2.45) is 0 Å². The molecular formula is C13H10Cl2N2O2. The van der Waals surface area contributed by atoms with E-state index in [1.807, 2.05) is 6.07 Å². The largest absolute Gasteiger partial charge is 0.464 e. The Kier molecular flexibility index (Phi) is 3.93. The normalized spacial score (nSPS) is 10.3. The number of ether oxygens (including phenoxy) is 1. The van der Waals surface area contributed by atoms with Crippen molar-refractivity contribution in [3.8, 4) is 11.3 Å². The Morgan fingerprint density at radius 1 is 1.32 bits per heavy atom. The first-order valence-electron chi connectivity index (χ1n) is 5.34. The van der Waals surface area contributed by atoms with Gasteiger partial charge in [-0.3, -0.25) is 0 Å². The van der Waals surface area contributed by atoms with Gasteiger partial charge in [-0.25, -0.2) is 9.78 Å². The summed E-state index contributed by atoms with van der Waals surface area (Å²) in [6, 6.07) is 8.67. The van der Waals surface area contributed by atoms with E-state index in [9.17, 15) is 4.79 Å². The van der Waals surface area contributed by atoms with E-state index in [2.05, 4.69) is 9.72 Å². The molecule has 2 N–H and O–H groups in total. The smallest absolute Gasteiger partial charge is 0.358 e. The van der Waals surface area contributed by atoms with Crippen molar-refractivity contribution in [2.75, 3.05) is 12.8 Å². The van der Waals surface area contributed by atoms with Crippen molar-refractivity contribution < 1.29 is 9.53 Å². The standard InChI is InChI=1S/C13H10Cl2N2O2/c1-19-13(18)12-11(15)9(16)6-10(17-12)7-4-2-3-5-8(7)14/h2-6H,1H3,(H2,16,17). The molecule has 98 valence electrons. The molecule has 0 bridgehead atoms. The fourth-order valence-electron chi connectivity index (χ4n) is 1.59. The number of nitrogen functional groups attached to an aromatic ring is 1. The molecule has 19 heavy (non-hydrogen) atoms. The summed E-state index contributed by atoms with van der Waals surface area (Å²) in [5.41, 5.74) is 7.12. The SMILES string of the molecule is COC(=O)c1nc(-c2ccccc2Cl)cc(N)c1Cl. The highest BCUT2D eigenvalue weighted by Crippen LogP contribution is 2.31. The lowest BCUT2D eigenvalue weighted by Gasteiger charge is -2.09. The average molecular weight is 297 g/mol. The Hall–Kier alpha value is -1.78. The molecule has 6 heteroatoms. The number of esters is 1. The molecule has 0 fully saturated rings. The minimum absolute atomic E-state index is 0.0286. The van der Waals surface area contributed by atoms with E-state index >= 15 is 0 Å². The number of carbonyl (C=O) groups is 1. The molecule has 0 saturated carbocycles. The van der Waals surface area contributed by atoms with Crippen LogP contribution in [0.1, 0.15) is 10.5 Å². The molecular weight excluding hydrogens is 287 g/mol. The Labute approximate surface area is 120 Å². The number of hydrogen-bond donors (Lipinski definition) is 1. The number of nitrogens with zero attached hydrogens (tertiary/aromatic N) is 1. The van der Waals surface area contributed by atoms with Gasteiger partial charge in [0.25, 0.3) is 0 Å². The van der Waals surface area contributed by atoms with Gasteiger partial charge in [-0.1, -0.05) is 41.4 Å².